The molecule has 0 saturated carbocycles. The normalized spacial score (nSPS) is 15.9. The molecule has 0 N–H and O–H groups in total. The standard InChI is InChI=1S/C20H21ClN2O3/c1-2-3-4-5-8-11-23-19(24)17(26-20(23)25)13-15-12-14-9-6-7-10-16(14)22-18(15)21/h6-7,9-10,12-13H,2-5,8,11H2,1H3. The molecule has 2 amide bonds. The molecule has 3 rings (SSSR count). The highest BCUT2D eigenvalue weighted by molar-refractivity contribution is 6.31. The largest absolute Gasteiger partial charge is 0.422 e. The zero-order chi connectivity index (χ0) is 18.5. The van der Waals surface area contributed by atoms with Crippen molar-refractivity contribution in [1.82, 2.24) is 9.88 Å². The number of amides is 2. The predicted octanol–water partition coefficient (Wildman–Crippen LogP) is 5.18. The highest BCUT2D eigenvalue weighted by Crippen LogP contribution is 2.26. The Morgan fingerprint density at radius 3 is 2.73 bits per heavy atom. The number of benzene rings is 1. The van der Waals surface area contributed by atoms with Crippen LogP contribution in [0.3, 0.4) is 0 Å². The summed E-state index contributed by atoms with van der Waals surface area (Å²) in [4.78, 5) is 29.9. The van der Waals surface area contributed by atoms with Gasteiger partial charge in [0.2, 0.25) is 0 Å². The molecule has 1 fully saturated rings. The minimum Gasteiger partial charge on any atom is -0.404 e. The number of carbonyl (C=O) groups excluding carboxylic acids is 2. The summed E-state index contributed by atoms with van der Waals surface area (Å²) in [7, 11) is 0. The zero-order valence-electron chi connectivity index (χ0n) is 14.7. The first-order valence-electron chi connectivity index (χ1n) is 8.91. The first-order valence-corrected chi connectivity index (χ1v) is 9.28. The minimum absolute atomic E-state index is 0.0115. The van der Waals surface area contributed by atoms with Crippen LogP contribution in [0.2, 0.25) is 5.15 Å². The number of carbonyl (C=O) groups is 2. The van der Waals surface area contributed by atoms with E-state index >= 15 is 0 Å². The van der Waals surface area contributed by atoms with Crippen LogP contribution in [-0.4, -0.2) is 28.4 Å². The number of halogens is 1. The van der Waals surface area contributed by atoms with E-state index in [9.17, 15) is 9.59 Å². The quantitative estimate of drug-likeness (QED) is 0.382. The van der Waals surface area contributed by atoms with Crippen LogP contribution in [0.1, 0.15) is 44.6 Å². The van der Waals surface area contributed by atoms with E-state index in [0.29, 0.717) is 12.1 Å². The van der Waals surface area contributed by atoms with Crippen molar-refractivity contribution >= 4 is 40.6 Å². The van der Waals surface area contributed by atoms with E-state index < -0.39 is 12.0 Å². The molecule has 0 bridgehead atoms. The fourth-order valence-corrected chi connectivity index (χ4v) is 3.12. The molecule has 0 radical (unpaired) electrons. The number of pyridine rings is 1. The van der Waals surface area contributed by atoms with Gasteiger partial charge >= 0.3 is 6.09 Å². The molecule has 2 heterocycles. The maximum absolute atomic E-state index is 12.5. The van der Waals surface area contributed by atoms with Crippen molar-refractivity contribution in [2.24, 2.45) is 0 Å². The monoisotopic (exact) mass is 372 g/mol. The van der Waals surface area contributed by atoms with Gasteiger partial charge in [-0.25, -0.2) is 14.7 Å². The Hall–Kier alpha value is -2.40. The van der Waals surface area contributed by atoms with Crippen molar-refractivity contribution in [2.75, 3.05) is 6.54 Å². The Kier molecular flexibility index (Phi) is 5.89. The Bertz CT molecular complexity index is 863. The van der Waals surface area contributed by atoms with E-state index in [1.807, 2.05) is 30.3 Å². The van der Waals surface area contributed by atoms with Gasteiger partial charge in [0, 0.05) is 17.5 Å². The van der Waals surface area contributed by atoms with Gasteiger partial charge in [-0.15, -0.1) is 0 Å². The molecule has 136 valence electrons. The van der Waals surface area contributed by atoms with Gasteiger partial charge in [0.25, 0.3) is 5.91 Å². The predicted molar refractivity (Wildman–Crippen MR) is 102 cm³/mol. The van der Waals surface area contributed by atoms with E-state index in [4.69, 9.17) is 16.3 Å². The van der Waals surface area contributed by atoms with Crippen LogP contribution in [0, 0.1) is 0 Å². The second-order valence-corrected chi connectivity index (χ2v) is 6.67. The third kappa shape index (κ3) is 4.05. The van der Waals surface area contributed by atoms with Crippen LogP contribution in [-0.2, 0) is 9.53 Å². The summed E-state index contributed by atoms with van der Waals surface area (Å²) in [6, 6.07) is 9.37. The number of hydrogen-bond donors (Lipinski definition) is 0. The van der Waals surface area contributed by atoms with Gasteiger partial charge in [-0.2, -0.15) is 0 Å². The molecule has 0 unspecified atom stereocenters. The lowest BCUT2D eigenvalue weighted by Crippen LogP contribution is -2.29. The van der Waals surface area contributed by atoms with E-state index in [1.54, 1.807) is 0 Å². The van der Waals surface area contributed by atoms with Crippen molar-refractivity contribution < 1.29 is 14.3 Å². The maximum atomic E-state index is 12.5. The summed E-state index contributed by atoms with van der Waals surface area (Å²) in [5, 5.41) is 1.16. The van der Waals surface area contributed by atoms with Crippen LogP contribution >= 0.6 is 11.6 Å². The Balaban J connectivity index is 1.74. The number of fused-ring (bicyclic) bond motifs is 1. The van der Waals surface area contributed by atoms with Crippen LogP contribution in [0.15, 0.2) is 36.1 Å². The van der Waals surface area contributed by atoms with Gasteiger partial charge in [0.1, 0.15) is 5.15 Å². The molecule has 1 aliphatic rings. The van der Waals surface area contributed by atoms with Crippen molar-refractivity contribution in [1.29, 1.82) is 0 Å². The van der Waals surface area contributed by atoms with Crippen LogP contribution < -0.4 is 0 Å². The molecular formula is C20H21ClN2O3. The van der Waals surface area contributed by atoms with Gasteiger partial charge in [-0.05, 0) is 24.6 Å². The van der Waals surface area contributed by atoms with E-state index in [1.165, 1.54) is 6.08 Å². The fourth-order valence-electron chi connectivity index (χ4n) is 2.92. The van der Waals surface area contributed by atoms with Gasteiger partial charge in [0.05, 0.1) is 5.52 Å². The summed E-state index contributed by atoms with van der Waals surface area (Å²) < 4.78 is 5.15. The van der Waals surface area contributed by atoms with Crippen molar-refractivity contribution in [3.63, 3.8) is 0 Å². The molecule has 1 aromatic heterocycles. The van der Waals surface area contributed by atoms with Crippen molar-refractivity contribution in [2.45, 2.75) is 39.0 Å². The number of unbranched alkanes of at least 4 members (excludes halogenated alkanes) is 4. The number of para-hydroxylation sites is 1. The first-order chi connectivity index (χ1) is 12.6. The molecule has 0 atom stereocenters. The summed E-state index contributed by atoms with van der Waals surface area (Å²) in [5.41, 5.74) is 1.31. The number of rotatable bonds is 7. The minimum atomic E-state index is -0.624. The third-order valence-electron chi connectivity index (χ3n) is 4.35. The lowest BCUT2D eigenvalue weighted by molar-refractivity contribution is -0.123. The molecule has 6 heteroatoms. The highest BCUT2D eigenvalue weighted by Gasteiger charge is 2.36. The van der Waals surface area contributed by atoms with E-state index in [0.717, 1.165) is 47.9 Å². The Morgan fingerprint density at radius 1 is 1.15 bits per heavy atom. The zero-order valence-corrected chi connectivity index (χ0v) is 15.5. The molecule has 1 saturated heterocycles. The summed E-state index contributed by atoms with van der Waals surface area (Å²) in [5.74, 6) is -0.433. The van der Waals surface area contributed by atoms with Crippen LogP contribution in [0.4, 0.5) is 4.79 Å². The van der Waals surface area contributed by atoms with Crippen LogP contribution in [0.25, 0.3) is 17.0 Å². The number of cyclic esters (lactones) is 1. The van der Waals surface area contributed by atoms with Crippen molar-refractivity contribution in [3.8, 4) is 0 Å². The second-order valence-electron chi connectivity index (χ2n) is 6.31. The summed E-state index contributed by atoms with van der Waals surface area (Å²) >= 11 is 6.21. The molecule has 0 aliphatic carbocycles. The topological polar surface area (TPSA) is 59.5 Å². The number of aromatic nitrogens is 1. The number of imide groups is 1. The van der Waals surface area contributed by atoms with Gasteiger partial charge in [-0.3, -0.25) is 4.79 Å². The Labute approximate surface area is 157 Å². The maximum Gasteiger partial charge on any atom is 0.422 e. The molecule has 2 aromatic rings. The summed E-state index contributed by atoms with van der Waals surface area (Å²) in [6.45, 7) is 2.52. The molecular weight excluding hydrogens is 352 g/mol. The van der Waals surface area contributed by atoms with E-state index in [-0.39, 0.29) is 10.9 Å². The average Bonchev–Trinajstić information content (AvgIpc) is 2.89. The lowest BCUT2D eigenvalue weighted by Gasteiger charge is -2.09. The number of ether oxygens (including phenoxy) is 1. The van der Waals surface area contributed by atoms with E-state index in [2.05, 4.69) is 11.9 Å². The smallest absolute Gasteiger partial charge is 0.404 e. The van der Waals surface area contributed by atoms with Crippen LogP contribution in [0.5, 0.6) is 0 Å². The fraction of sp³-hybridized carbons (Fsp3) is 0.350. The molecule has 1 aliphatic heterocycles. The summed E-state index contributed by atoms with van der Waals surface area (Å²) in [6.07, 6.45) is 6.06. The molecule has 5 nitrogen and oxygen atoms in total. The molecule has 26 heavy (non-hydrogen) atoms. The lowest BCUT2D eigenvalue weighted by atomic mass is 10.1. The average molecular weight is 373 g/mol. The number of hydrogen-bond acceptors (Lipinski definition) is 4. The third-order valence-corrected chi connectivity index (χ3v) is 4.65. The van der Waals surface area contributed by atoms with Gasteiger partial charge in [-0.1, -0.05) is 62.4 Å². The SMILES string of the molecule is CCCCCCCN1C(=O)OC(=Cc2cc3ccccc3nc2Cl)C1=O. The van der Waals surface area contributed by atoms with Gasteiger partial charge < -0.3 is 4.74 Å². The Morgan fingerprint density at radius 2 is 1.92 bits per heavy atom. The highest BCUT2D eigenvalue weighted by atomic mass is 35.5. The van der Waals surface area contributed by atoms with Crippen molar-refractivity contribution in [3.05, 3.63) is 46.8 Å². The second kappa shape index (κ2) is 8.32. The first kappa shape index (κ1) is 18.4. The number of nitrogens with zero attached hydrogens (tertiary/aromatic N) is 2. The molecule has 1 aromatic carbocycles. The van der Waals surface area contributed by atoms with Gasteiger partial charge in [0.15, 0.2) is 5.76 Å². The molecule has 0 spiro atoms.